The highest BCUT2D eigenvalue weighted by Gasteiger charge is 2.23. The Hall–Kier alpha value is -1.63. The van der Waals surface area contributed by atoms with Crippen molar-refractivity contribution in [2.75, 3.05) is 30.2 Å². The molecule has 0 aliphatic carbocycles. The fourth-order valence-electron chi connectivity index (χ4n) is 2.89. The molecule has 128 valence electrons. The van der Waals surface area contributed by atoms with E-state index in [1.807, 2.05) is 0 Å². The summed E-state index contributed by atoms with van der Waals surface area (Å²) < 4.78 is 38.4. The van der Waals surface area contributed by atoms with Gasteiger partial charge in [0.15, 0.2) is 0 Å². The molecule has 0 bridgehead atoms. The standard InChI is InChI=1S/C16H23FN2O3S/c1-13-5-4-9-18(12-13)16(20)8-10-19(23(2,21)22)15-7-3-6-14(17)11-15/h3,6-7,11,13H,4-5,8-10,12H2,1-2H3. The van der Waals surface area contributed by atoms with Gasteiger partial charge in [-0.1, -0.05) is 13.0 Å². The molecule has 1 atom stereocenters. The Bertz CT molecular complexity index is 663. The first-order valence-corrected chi connectivity index (χ1v) is 9.63. The zero-order valence-corrected chi connectivity index (χ0v) is 14.4. The molecule has 1 saturated heterocycles. The molecule has 1 heterocycles. The predicted octanol–water partition coefficient (Wildman–Crippen LogP) is 2.24. The average molecular weight is 342 g/mol. The third-order valence-corrected chi connectivity index (χ3v) is 5.23. The van der Waals surface area contributed by atoms with Crippen molar-refractivity contribution in [3.8, 4) is 0 Å². The number of anilines is 1. The average Bonchev–Trinajstić information content (AvgIpc) is 2.46. The molecule has 5 nitrogen and oxygen atoms in total. The number of carbonyl (C=O) groups is 1. The van der Waals surface area contributed by atoms with Gasteiger partial charge in [-0.05, 0) is 37.0 Å². The Morgan fingerprint density at radius 3 is 2.78 bits per heavy atom. The monoisotopic (exact) mass is 342 g/mol. The van der Waals surface area contributed by atoms with E-state index in [0.717, 1.165) is 42.6 Å². The molecule has 0 spiro atoms. The van der Waals surface area contributed by atoms with Gasteiger partial charge < -0.3 is 4.90 Å². The highest BCUT2D eigenvalue weighted by molar-refractivity contribution is 7.92. The van der Waals surface area contributed by atoms with E-state index >= 15 is 0 Å². The zero-order valence-electron chi connectivity index (χ0n) is 13.5. The van der Waals surface area contributed by atoms with Gasteiger partial charge in [0, 0.05) is 26.1 Å². The van der Waals surface area contributed by atoms with Crippen LogP contribution in [0.1, 0.15) is 26.2 Å². The van der Waals surface area contributed by atoms with E-state index in [0.29, 0.717) is 5.92 Å². The van der Waals surface area contributed by atoms with E-state index in [2.05, 4.69) is 6.92 Å². The first kappa shape index (κ1) is 17.7. The Morgan fingerprint density at radius 1 is 1.43 bits per heavy atom. The van der Waals surface area contributed by atoms with Crippen LogP contribution in [0.2, 0.25) is 0 Å². The predicted molar refractivity (Wildman–Crippen MR) is 88.2 cm³/mol. The van der Waals surface area contributed by atoms with Crippen LogP contribution in [0.4, 0.5) is 10.1 Å². The quantitative estimate of drug-likeness (QED) is 0.824. The van der Waals surface area contributed by atoms with E-state index in [1.165, 1.54) is 18.2 Å². The Morgan fingerprint density at radius 2 is 2.17 bits per heavy atom. The number of amides is 1. The van der Waals surface area contributed by atoms with Crippen molar-refractivity contribution in [2.24, 2.45) is 5.92 Å². The highest BCUT2D eigenvalue weighted by atomic mass is 32.2. The molecule has 0 saturated carbocycles. The van der Waals surface area contributed by atoms with Crippen LogP contribution in [-0.4, -0.2) is 45.1 Å². The maximum Gasteiger partial charge on any atom is 0.232 e. The SMILES string of the molecule is CC1CCCN(C(=O)CCN(c2cccc(F)c2)S(C)(=O)=O)C1. The fourth-order valence-corrected chi connectivity index (χ4v) is 3.81. The van der Waals surface area contributed by atoms with Gasteiger partial charge in [0.25, 0.3) is 0 Å². The van der Waals surface area contributed by atoms with Crippen LogP contribution >= 0.6 is 0 Å². The number of likely N-dealkylation sites (tertiary alicyclic amines) is 1. The number of carbonyl (C=O) groups excluding carboxylic acids is 1. The van der Waals surface area contributed by atoms with Crippen molar-refractivity contribution in [3.05, 3.63) is 30.1 Å². The van der Waals surface area contributed by atoms with E-state index in [1.54, 1.807) is 4.90 Å². The van der Waals surface area contributed by atoms with Crippen LogP contribution < -0.4 is 4.31 Å². The van der Waals surface area contributed by atoms with Crippen LogP contribution in [0.5, 0.6) is 0 Å². The second-order valence-corrected chi connectivity index (χ2v) is 8.06. The molecule has 1 amide bonds. The molecule has 1 aromatic carbocycles. The Labute approximate surface area is 137 Å². The summed E-state index contributed by atoms with van der Waals surface area (Å²) in [6.07, 6.45) is 3.25. The second kappa shape index (κ2) is 7.29. The van der Waals surface area contributed by atoms with Crippen molar-refractivity contribution in [3.63, 3.8) is 0 Å². The number of hydrogen-bond acceptors (Lipinski definition) is 3. The van der Waals surface area contributed by atoms with Crippen molar-refractivity contribution in [2.45, 2.75) is 26.2 Å². The molecular weight excluding hydrogens is 319 g/mol. The van der Waals surface area contributed by atoms with Crippen molar-refractivity contribution in [1.29, 1.82) is 0 Å². The van der Waals surface area contributed by atoms with Gasteiger partial charge in [0.2, 0.25) is 15.9 Å². The summed E-state index contributed by atoms with van der Waals surface area (Å²) in [4.78, 5) is 14.1. The topological polar surface area (TPSA) is 57.7 Å². The van der Waals surface area contributed by atoms with Crippen LogP contribution in [-0.2, 0) is 14.8 Å². The number of piperidine rings is 1. The fraction of sp³-hybridized carbons (Fsp3) is 0.562. The third-order valence-electron chi connectivity index (χ3n) is 4.03. The maximum absolute atomic E-state index is 13.4. The van der Waals surface area contributed by atoms with Crippen molar-refractivity contribution in [1.82, 2.24) is 4.90 Å². The van der Waals surface area contributed by atoms with Gasteiger partial charge in [-0.3, -0.25) is 9.10 Å². The number of rotatable bonds is 5. The number of halogens is 1. The minimum atomic E-state index is -3.58. The summed E-state index contributed by atoms with van der Waals surface area (Å²) in [5.41, 5.74) is 0.243. The minimum absolute atomic E-state index is 0.0198. The first-order valence-electron chi connectivity index (χ1n) is 7.78. The summed E-state index contributed by atoms with van der Waals surface area (Å²) in [6.45, 7) is 3.57. The van der Waals surface area contributed by atoms with Crippen LogP contribution in [0.15, 0.2) is 24.3 Å². The lowest BCUT2D eigenvalue weighted by molar-refractivity contribution is -0.132. The van der Waals surface area contributed by atoms with E-state index in [9.17, 15) is 17.6 Å². The molecule has 1 aliphatic heterocycles. The highest BCUT2D eigenvalue weighted by Crippen LogP contribution is 2.20. The number of sulfonamides is 1. The number of hydrogen-bond donors (Lipinski definition) is 0. The first-order chi connectivity index (χ1) is 10.8. The van der Waals surface area contributed by atoms with Crippen molar-refractivity contribution < 1.29 is 17.6 Å². The maximum atomic E-state index is 13.4. The third kappa shape index (κ3) is 4.92. The summed E-state index contributed by atoms with van der Waals surface area (Å²) in [7, 11) is -3.58. The lowest BCUT2D eigenvalue weighted by Crippen LogP contribution is -2.41. The summed E-state index contributed by atoms with van der Waals surface area (Å²) in [6, 6.07) is 5.40. The number of nitrogens with zero attached hydrogens (tertiary/aromatic N) is 2. The van der Waals surface area contributed by atoms with Gasteiger partial charge >= 0.3 is 0 Å². The van der Waals surface area contributed by atoms with Crippen LogP contribution in [0.25, 0.3) is 0 Å². The molecule has 1 fully saturated rings. The van der Waals surface area contributed by atoms with Crippen LogP contribution in [0, 0.1) is 11.7 Å². The second-order valence-electron chi connectivity index (χ2n) is 6.15. The lowest BCUT2D eigenvalue weighted by atomic mass is 10.00. The molecule has 7 heteroatoms. The molecule has 0 N–H and O–H groups in total. The largest absolute Gasteiger partial charge is 0.342 e. The summed E-state index contributed by atoms with van der Waals surface area (Å²) >= 11 is 0. The summed E-state index contributed by atoms with van der Waals surface area (Å²) in [5, 5.41) is 0. The normalized spacial score (nSPS) is 18.7. The zero-order chi connectivity index (χ0) is 17.0. The van der Waals surface area contributed by atoms with Gasteiger partial charge in [-0.2, -0.15) is 0 Å². The summed E-state index contributed by atoms with van der Waals surface area (Å²) in [5.74, 6) is -0.0872. The molecule has 0 radical (unpaired) electrons. The van der Waals surface area contributed by atoms with Gasteiger partial charge in [0.05, 0.1) is 11.9 Å². The number of benzene rings is 1. The smallest absolute Gasteiger partial charge is 0.232 e. The van der Waals surface area contributed by atoms with E-state index in [-0.39, 0.29) is 24.6 Å². The van der Waals surface area contributed by atoms with E-state index in [4.69, 9.17) is 0 Å². The molecule has 2 rings (SSSR count). The molecule has 1 aliphatic rings. The molecule has 23 heavy (non-hydrogen) atoms. The van der Waals surface area contributed by atoms with Gasteiger partial charge in [0.1, 0.15) is 5.82 Å². The Kier molecular flexibility index (Phi) is 5.62. The molecule has 1 aromatic rings. The molecule has 1 unspecified atom stereocenters. The molecular formula is C16H23FN2O3S. The van der Waals surface area contributed by atoms with Crippen molar-refractivity contribution >= 4 is 21.6 Å². The van der Waals surface area contributed by atoms with Gasteiger partial charge in [-0.25, -0.2) is 12.8 Å². The van der Waals surface area contributed by atoms with Crippen LogP contribution in [0.3, 0.4) is 0 Å². The molecule has 0 aromatic heterocycles. The van der Waals surface area contributed by atoms with E-state index < -0.39 is 15.8 Å². The van der Waals surface area contributed by atoms with Gasteiger partial charge in [-0.15, -0.1) is 0 Å². The Balaban J connectivity index is 2.06. The lowest BCUT2D eigenvalue weighted by Gasteiger charge is -2.31. The minimum Gasteiger partial charge on any atom is -0.342 e.